The highest BCUT2D eigenvalue weighted by molar-refractivity contribution is 9.10. The van der Waals surface area contributed by atoms with Crippen molar-refractivity contribution in [3.63, 3.8) is 0 Å². The zero-order chi connectivity index (χ0) is 14.7. The van der Waals surface area contributed by atoms with Gasteiger partial charge in [0, 0.05) is 9.85 Å². The molecule has 2 nitrogen and oxygen atoms in total. The van der Waals surface area contributed by atoms with E-state index in [1.807, 2.05) is 0 Å². The molecule has 0 aliphatic carbocycles. The van der Waals surface area contributed by atoms with Crippen molar-refractivity contribution < 1.29 is 0 Å². The second kappa shape index (κ2) is 6.83. The van der Waals surface area contributed by atoms with Crippen LogP contribution in [0.1, 0.15) is 54.6 Å². The fraction of sp³-hybridized carbons (Fsp3) is 0.438. The van der Waals surface area contributed by atoms with Gasteiger partial charge in [0.05, 0.1) is 11.7 Å². The molecular weight excluding hydrogens is 332 g/mol. The summed E-state index contributed by atoms with van der Waals surface area (Å²) in [4.78, 5) is 4.80. The minimum Gasteiger partial charge on any atom is -0.305 e. The first kappa shape index (κ1) is 15.7. The number of rotatable bonds is 5. The lowest BCUT2D eigenvalue weighted by atomic mass is 10.0. The van der Waals surface area contributed by atoms with Gasteiger partial charge in [0.2, 0.25) is 0 Å². The number of aryl methyl sites for hydroxylation is 1. The summed E-state index contributed by atoms with van der Waals surface area (Å²) in [5, 5.41) is 6.87. The number of benzene rings is 1. The molecule has 1 N–H and O–H groups in total. The first-order valence-corrected chi connectivity index (χ1v) is 8.65. The molecule has 1 atom stereocenters. The van der Waals surface area contributed by atoms with Crippen molar-refractivity contribution in [2.45, 2.75) is 39.7 Å². The van der Waals surface area contributed by atoms with Crippen molar-refractivity contribution in [3.05, 3.63) is 49.9 Å². The molecule has 0 aliphatic heterocycles. The fourth-order valence-corrected chi connectivity index (χ4v) is 3.42. The van der Waals surface area contributed by atoms with E-state index in [-0.39, 0.29) is 6.04 Å². The third-order valence-electron chi connectivity index (χ3n) is 3.30. The zero-order valence-corrected chi connectivity index (χ0v) is 14.8. The van der Waals surface area contributed by atoms with Gasteiger partial charge in [0.15, 0.2) is 0 Å². The van der Waals surface area contributed by atoms with Crippen LogP contribution in [0.4, 0.5) is 0 Å². The van der Waals surface area contributed by atoms with Crippen LogP contribution in [-0.4, -0.2) is 11.5 Å². The monoisotopic (exact) mass is 352 g/mol. The van der Waals surface area contributed by atoms with E-state index in [1.165, 1.54) is 16.8 Å². The molecule has 0 spiro atoms. The molecule has 20 heavy (non-hydrogen) atoms. The SMILES string of the molecule is CCNC(c1ccc(Br)c(C)c1)c1nc(C(C)C)cs1. The van der Waals surface area contributed by atoms with Crippen molar-refractivity contribution in [3.8, 4) is 0 Å². The van der Waals surface area contributed by atoms with Crippen molar-refractivity contribution in [1.29, 1.82) is 0 Å². The zero-order valence-electron chi connectivity index (χ0n) is 12.4. The number of hydrogen-bond acceptors (Lipinski definition) is 3. The largest absolute Gasteiger partial charge is 0.305 e. The molecule has 0 amide bonds. The summed E-state index contributed by atoms with van der Waals surface area (Å²) >= 11 is 5.31. The molecule has 1 aromatic heterocycles. The van der Waals surface area contributed by atoms with Crippen LogP contribution in [0.3, 0.4) is 0 Å². The molecular formula is C16H21BrN2S. The second-order valence-corrected chi connectivity index (χ2v) is 7.01. The van der Waals surface area contributed by atoms with Crippen molar-refractivity contribution in [2.24, 2.45) is 0 Å². The maximum absolute atomic E-state index is 4.80. The Bertz CT molecular complexity index is 578. The van der Waals surface area contributed by atoms with Gasteiger partial charge in [-0.05, 0) is 36.6 Å². The van der Waals surface area contributed by atoms with E-state index >= 15 is 0 Å². The molecule has 1 heterocycles. The predicted octanol–water partition coefficient (Wildman–Crippen LogP) is 5.04. The van der Waals surface area contributed by atoms with Crippen LogP contribution in [0.2, 0.25) is 0 Å². The Kier molecular flexibility index (Phi) is 5.35. The molecule has 0 saturated heterocycles. The van der Waals surface area contributed by atoms with E-state index in [4.69, 9.17) is 4.98 Å². The fourth-order valence-electron chi connectivity index (χ4n) is 2.10. The minimum atomic E-state index is 0.185. The molecule has 0 saturated carbocycles. The summed E-state index contributed by atoms with van der Waals surface area (Å²) < 4.78 is 1.15. The first-order valence-electron chi connectivity index (χ1n) is 6.97. The molecule has 2 aromatic rings. The quantitative estimate of drug-likeness (QED) is 0.815. The number of halogens is 1. The van der Waals surface area contributed by atoms with Gasteiger partial charge >= 0.3 is 0 Å². The van der Waals surface area contributed by atoms with Crippen molar-refractivity contribution >= 4 is 27.3 Å². The van der Waals surface area contributed by atoms with E-state index in [0.717, 1.165) is 16.0 Å². The number of aromatic nitrogens is 1. The third kappa shape index (κ3) is 3.48. The van der Waals surface area contributed by atoms with Gasteiger partial charge in [-0.2, -0.15) is 0 Å². The van der Waals surface area contributed by atoms with Crippen LogP contribution in [0.15, 0.2) is 28.1 Å². The van der Waals surface area contributed by atoms with Gasteiger partial charge in [0.25, 0.3) is 0 Å². The van der Waals surface area contributed by atoms with Crippen LogP contribution in [-0.2, 0) is 0 Å². The number of nitrogens with one attached hydrogen (secondary N) is 1. The Hall–Kier alpha value is -0.710. The molecule has 0 radical (unpaired) electrons. The van der Waals surface area contributed by atoms with Crippen LogP contribution in [0.25, 0.3) is 0 Å². The lowest BCUT2D eigenvalue weighted by Gasteiger charge is -2.17. The van der Waals surface area contributed by atoms with Crippen LogP contribution < -0.4 is 5.32 Å². The number of nitrogens with zero attached hydrogens (tertiary/aromatic N) is 1. The van der Waals surface area contributed by atoms with Crippen molar-refractivity contribution in [2.75, 3.05) is 6.54 Å². The molecule has 0 bridgehead atoms. The smallest absolute Gasteiger partial charge is 0.114 e. The Morgan fingerprint density at radius 2 is 2.10 bits per heavy atom. The number of hydrogen-bond donors (Lipinski definition) is 1. The Labute approximate surface area is 133 Å². The van der Waals surface area contributed by atoms with Crippen LogP contribution >= 0.6 is 27.3 Å². The van der Waals surface area contributed by atoms with Gasteiger partial charge in [-0.25, -0.2) is 4.98 Å². The van der Waals surface area contributed by atoms with Gasteiger partial charge in [-0.1, -0.05) is 48.8 Å². The van der Waals surface area contributed by atoms with Gasteiger partial charge in [0.1, 0.15) is 5.01 Å². The van der Waals surface area contributed by atoms with E-state index < -0.39 is 0 Å². The average molecular weight is 353 g/mol. The molecule has 108 valence electrons. The van der Waals surface area contributed by atoms with Gasteiger partial charge in [-0.3, -0.25) is 0 Å². The van der Waals surface area contributed by atoms with E-state index in [2.05, 4.69) is 72.5 Å². The van der Waals surface area contributed by atoms with Crippen LogP contribution in [0.5, 0.6) is 0 Å². The number of thiazole rings is 1. The topological polar surface area (TPSA) is 24.9 Å². The summed E-state index contributed by atoms with van der Waals surface area (Å²) in [5.41, 5.74) is 3.71. The third-order valence-corrected chi connectivity index (χ3v) is 5.12. The van der Waals surface area contributed by atoms with Gasteiger partial charge in [-0.15, -0.1) is 11.3 Å². The molecule has 1 aromatic carbocycles. The first-order chi connectivity index (χ1) is 9.52. The molecule has 4 heteroatoms. The lowest BCUT2D eigenvalue weighted by molar-refractivity contribution is 0.623. The molecule has 0 fully saturated rings. The van der Waals surface area contributed by atoms with E-state index in [0.29, 0.717) is 5.92 Å². The van der Waals surface area contributed by atoms with E-state index in [9.17, 15) is 0 Å². The molecule has 2 rings (SSSR count). The normalized spacial score (nSPS) is 12.9. The summed E-state index contributed by atoms with van der Waals surface area (Å²) in [7, 11) is 0. The minimum absolute atomic E-state index is 0.185. The Morgan fingerprint density at radius 1 is 1.35 bits per heavy atom. The highest BCUT2D eigenvalue weighted by atomic mass is 79.9. The predicted molar refractivity (Wildman–Crippen MR) is 90.6 cm³/mol. The standard InChI is InChI=1S/C16H21BrN2S/c1-5-18-15(12-6-7-13(17)11(4)8-12)16-19-14(9-20-16)10(2)3/h6-10,15,18H,5H2,1-4H3. The average Bonchev–Trinajstić information content (AvgIpc) is 2.89. The second-order valence-electron chi connectivity index (χ2n) is 5.26. The van der Waals surface area contributed by atoms with Gasteiger partial charge < -0.3 is 5.32 Å². The molecule has 1 unspecified atom stereocenters. The maximum Gasteiger partial charge on any atom is 0.114 e. The highest BCUT2D eigenvalue weighted by Crippen LogP contribution is 2.29. The summed E-state index contributed by atoms with van der Waals surface area (Å²) in [6.07, 6.45) is 0. The Morgan fingerprint density at radius 3 is 2.65 bits per heavy atom. The van der Waals surface area contributed by atoms with E-state index in [1.54, 1.807) is 11.3 Å². The lowest BCUT2D eigenvalue weighted by Crippen LogP contribution is -2.22. The summed E-state index contributed by atoms with van der Waals surface area (Å²) in [5.74, 6) is 0.480. The Balaban J connectivity index is 2.36. The van der Waals surface area contributed by atoms with Crippen molar-refractivity contribution in [1.82, 2.24) is 10.3 Å². The highest BCUT2D eigenvalue weighted by Gasteiger charge is 2.18. The summed E-state index contributed by atoms with van der Waals surface area (Å²) in [6, 6.07) is 6.70. The maximum atomic E-state index is 4.80. The summed E-state index contributed by atoms with van der Waals surface area (Å²) in [6.45, 7) is 9.56. The molecule has 0 aliphatic rings. The van der Waals surface area contributed by atoms with Crippen LogP contribution in [0, 0.1) is 6.92 Å².